The van der Waals surface area contributed by atoms with Crippen molar-refractivity contribution in [3.63, 3.8) is 0 Å². The lowest BCUT2D eigenvalue weighted by Crippen LogP contribution is -2.40. The summed E-state index contributed by atoms with van der Waals surface area (Å²) in [5.74, 6) is 0.510. The van der Waals surface area contributed by atoms with Crippen molar-refractivity contribution >= 4 is 39.2 Å². The van der Waals surface area contributed by atoms with Crippen LogP contribution in [0.3, 0.4) is 0 Å². The van der Waals surface area contributed by atoms with E-state index in [0.717, 1.165) is 42.6 Å². The van der Waals surface area contributed by atoms with Crippen molar-refractivity contribution in [3.8, 4) is 0 Å². The van der Waals surface area contributed by atoms with E-state index < -0.39 is 21.7 Å². The summed E-state index contributed by atoms with van der Waals surface area (Å²) in [5.41, 5.74) is 3.07. The molecular formula is C30H43N7O5S. The van der Waals surface area contributed by atoms with Gasteiger partial charge < -0.3 is 19.9 Å². The lowest BCUT2D eigenvalue weighted by molar-refractivity contribution is 0.0508. The Balaban J connectivity index is 1.58. The molecule has 1 aliphatic rings. The quantitative estimate of drug-likeness (QED) is 0.361. The third-order valence-electron chi connectivity index (χ3n) is 7.22. The SMILES string of the molecule is CCC[C@@H](c1cc2nc(N3CC[C@H](NC(=O)OC(C)(C)C)C3)c(C)cn2n1)N(C)C(=O)c1cc(C)ccc1NS(C)(=O)=O. The first kappa shape index (κ1) is 32.1. The molecular weight excluding hydrogens is 570 g/mol. The van der Waals surface area contributed by atoms with Gasteiger partial charge in [0, 0.05) is 38.0 Å². The molecule has 4 rings (SSSR count). The number of carbonyl (C=O) groups excluding carboxylic acids is 2. The first-order valence-corrected chi connectivity index (χ1v) is 16.4. The summed E-state index contributed by atoms with van der Waals surface area (Å²) < 4.78 is 33.5. The summed E-state index contributed by atoms with van der Waals surface area (Å²) in [6.45, 7) is 12.7. The molecule has 2 N–H and O–H groups in total. The van der Waals surface area contributed by atoms with E-state index in [0.29, 0.717) is 24.3 Å². The maximum Gasteiger partial charge on any atom is 0.407 e. The number of hydrogen-bond donors (Lipinski definition) is 2. The second-order valence-corrected chi connectivity index (χ2v) is 14.1. The molecule has 12 nitrogen and oxygen atoms in total. The maximum atomic E-state index is 13.8. The van der Waals surface area contributed by atoms with Gasteiger partial charge in [-0.15, -0.1) is 0 Å². The smallest absolute Gasteiger partial charge is 0.407 e. The Morgan fingerprint density at radius 3 is 2.58 bits per heavy atom. The molecule has 0 bridgehead atoms. The van der Waals surface area contributed by atoms with E-state index in [1.54, 1.807) is 34.7 Å². The van der Waals surface area contributed by atoms with E-state index in [-0.39, 0.29) is 29.2 Å². The molecule has 0 aliphatic carbocycles. The largest absolute Gasteiger partial charge is 0.444 e. The molecule has 1 aliphatic heterocycles. The lowest BCUT2D eigenvalue weighted by atomic mass is 10.0. The number of rotatable bonds is 9. The molecule has 2 aromatic heterocycles. The number of aryl methyl sites for hydroxylation is 2. The summed E-state index contributed by atoms with van der Waals surface area (Å²) in [6.07, 6.45) is 4.79. The Labute approximate surface area is 253 Å². The number of anilines is 2. The van der Waals surface area contributed by atoms with E-state index in [9.17, 15) is 18.0 Å². The van der Waals surface area contributed by atoms with Crippen LogP contribution in [-0.4, -0.2) is 78.0 Å². The first-order chi connectivity index (χ1) is 20.0. The molecule has 234 valence electrons. The van der Waals surface area contributed by atoms with Crippen molar-refractivity contribution in [2.75, 3.05) is 36.0 Å². The number of sulfonamides is 1. The van der Waals surface area contributed by atoms with E-state index in [1.807, 2.05) is 53.8 Å². The number of aromatic nitrogens is 3. The molecule has 1 fully saturated rings. The molecule has 3 aromatic rings. The third-order valence-corrected chi connectivity index (χ3v) is 7.82. The zero-order valence-electron chi connectivity index (χ0n) is 26.3. The Morgan fingerprint density at radius 2 is 1.93 bits per heavy atom. The topological polar surface area (TPSA) is 138 Å². The zero-order valence-corrected chi connectivity index (χ0v) is 27.1. The predicted octanol–water partition coefficient (Wildman–Crippen LogP) is 4.43. The van der Waals surface area contributed by atoms with Gasteiger partial charge in [-0.2, -0.15) is 5.10 Å². The molecule has 0 spiro atoms. The molecule has 3 heterocycles. The van der Waals surface area contributed by atoms with Gasteiger partial charge >= 0.3 is 6.09 Å². The summed E-state index contributed by atoms with van der Waals surface area (Å²) in [7, 11) is -1.87. The van der Waals surface area contributed by atoms with Crippen molar-refractivity contribution in [2.24, 2.45) is 0 Å². The fourth-order valence-electron chi connectivity index (χ4n) is 5.32. The van der Waals surface area contributed by atoms with Gasteiger partial charge in [-0.25, -0.2) is 22.7 Å². The Kier molecular flexibility index (Phi) is 9.24. The predicted molar refractivity (Wildman–Crippen MR) is 167 cm³/mol. The molecule has 0 saturated carbocycles. The van der Waals surface area contributed by atoms with Crippen LogP contribution in [0.15, 0.2) is 30.5 Å². The number of ether oxygens (including phenoxy) is 1. The number of amides is 2. The Hall–Kier alpha value is -3.87. The Bertz CT molecular complexity index is 1610. The summed E-state index contributed by atoms with van der Waals surface area (Å²) in [6, 6.07) is 6.55. The van der Waals surface area contributed by atoms with Gasteiger partial charge in [-0.1, -0.05) is 25.0 Å². The lowest BCUT2D eigenvalue weighted by Gasteiger charge is -2.27. The van der Waals surface area contributed by atoms with Crippen LogP contribution in [0.4, 0.5) is 16.3 Å². The van der Waals surface area contributed by atoms with Crippen molar-refractivity contribution in [2.45, 2.75) is 78.5 Å². The van der Waals surface area contributed by atoms with Gasteiger partial charge in [0.1, 0.15) is 11.4 Å². The van der Waals surface area contributed by atoms with Gasteiger partial charge in [0.05, 0.1) is 35.3 Å². The molecule has 0 radical (unpaired) electrons. The van der Waals surface area contributed by atoms with Crippen LogP contribution >= 0.6 is 0 Å². The van der Waals surface area contributed by atoms with Crippen LogP contribution < -0.4 is 14.9 Å². The number of benzene rings is 1. The second kappa shape index (κ2) is 12.4. The van der Waals surface area contributed by atoms with Crippen LogP contribution in [0.2, 0.25) is 0 Å². The van der Waals surface area contributed by atoms with Gasteiger partial charge in [0.25, 0.3) is 5.91 Å². The van der Waals surface area contributed by atoms with Crippen LogP contribution in [0.1, 0.15) is 80.2 Å². The average molecular weight is 614 g/mol. The van der Waals surface area contributed by atoms with Gasteiger partial charge in [0.2, 0.25) is 10.0 Å². The van der Waals surface area contributed by atoms with Crippen LogP contribution in [-0.2, 0) is 14.8 Å². The minimum absolute atomic E-state index is 0.0509. The molecule has 1 saturated heterocycles. The van der Waals surface area contributed by atoms with E-state index >= 15 is 0 Å². The number of nitrogens with one attached hydrogen (secondary N) is 2. The van der Waals surface area contributed by atoms with Crippen molar-refractivity contribution in [3.05, 3.63) is 52.8 Å². The van der Waals surface area contributed by atoms with E-state index in [1.165, 1.54) is 0 Å². The highest BCUT2D eigenvalue weighted by molar-refractivity contribution is 7.92. The van der Waals surface area contributed by atoms with Gasteiger partial charge in [-0.05, 0) is 59.6 Å². The number of nitrogens with zero attached hydrogens (tertiary/aromatic N) is 5. The fraction of sp³-hybridized carbons (Fsp3) is 0.533. The number of carbonyl (C=O) groups is 2. The summed E-state index contributed by atoms with van der Waals surface area (Å²) in [4.78, 5) is 34.7. The molecule has 1 aromatic carbocycles. The number of hydrogen-bond acceptors (Lipinski definition) is 8. The monoisotopic (exact) mass is 613 g/mol. The van der Waals surface area contributed by atoms with Crippen molar-refractivity contribution in [1.29, 1.82) is 0 Å². The molecule has 43 heavy (non-hydrogen) atoms. The molecule has 13 heteroatoms. The number of fused-ring (bicyclic) bond motifs is 1. The minimum Gasteiger partial charge on any atom is -0.444 e. The zero-order chi connectivity index (χ0) is 31.7. The highest BCUT2D eigenvalue weighted by Crippen LogP contribution is 2.30. The molecule has 2 atom stereocenters. The van der Waals surface area contributed by atoms with Crippen LogP contribution in [0.25, 0.3) is 5.65 Å². The fourth-order valence-corrected chi connectivity index (χ4v) is 5.89. The highest BCUT2D eigenvalue weighted by Gasteiger charge is 2.30. The normalized spacial score (nSPS) is 16.3. The van der Waals surface area contributed by atoms with Crippen LogP contribution in [0.5, 0.6) is 0 Å². The number of alkyl carbamates (subject to hydrolysis) is 1. The van der Waals surface area contributed by atoms with Crippen molar-refractivity contribution < 1.29 is 22.7 Å². The van der Waals surface area contributed by atoms with Gasteiger partial charge in [-0.3, -0.25) is 9.52 Å². The maximum absolute atomic E-state index is 13.8. The first-order valence-electron chi connectivity index (χ1n) is 14.5. The van der Waals surface area contributed by atoms with Crippen LogP contribution in [0, 0.1) is 13.8 Å². The summed E-state index contributed by atoms with van der Waals surface area (Å²) >= 11 is 0. The Morgan fingerprint density at radius 1 is 1.21 bits per heavy atom. The highest BCUT2D eigenvalue weighted by atomic mass is 32.2. The minimum atomic E-state index is -3.58. The third kappa shape index (κ3) is 7.95. The summed E-state index contributed by atoms with van der Waals surface area (Å²) in [5, 5.41) is 7.76. The molecule has 2 amide bonds. The second-order valence-electron chi connectivity index (χ2n) is 12.3. The van der Waals surface area contributed by atoms with E-state index in [2.05, 4.69) is 14.9 Å². The van der Waals surface area contributed by atoms with E-state index in [4.69, 9.17) is 14.8 Å². The van der Waals surface area contributed by atoms with Gasteiger partial charge in [0.15, 0.2) is 5.65 Å². The molecule has 0 unspecified atom stereocenters. The van der Waals surface area contributed by atoms with Crippen molar-refractivity contribution in [1.82, 2.24) is 24.8 Å². The standard InChI is InChI=1S/C30H43N7O5S/c1-9-10-25(35(7)28(38)22-15-19(2)11-12-23(22)34-43(8,40)41)24-16-26-32-27(20(3)17-37(26)33-24)36-14-13-21(18-36)31-29(39)42-30(4,5)6/h11-12,15-17,21,25,34H,9-10,13-14,18H2,1-8H3,(H,31,39)/t21-,25-/m0/s1. The average Bonchev–Trinajstić information content (AvgIpc) is 3.51.